The molecule has 4 nitrogen and oxygen atoms in total. The summed E-state index contributed by atoms with van der Waals surface area (Å²) in [7, 11) is 3.29. The maximum Gasteiger partial charge on any atom is 0.185 e. The third-order valence-corrected chi connectivity index (χ3v) is 4.32. The van der Waals surface area contributed by atoms with Gasteiger partial charge in [0.1, 0.15) is 17.2 Å². The van der Waals surface area contributed by atoms with E-state index in [-0.39, 0.29) is 11.2 Å². The molecule has 0 fully saturated rings. The number of benzene rings is 2. The zero-order valence-electron chi connectivity index (χ0n) is 17.7. The quantitative estimate of drug-likeness (QED) is 0.435. The molecule has 4 heteroatoms. The fourth-order valence-corrected chi connectivity index (χ4v) is 2.97. The summed E-state index contributed by atoms with van der Waals surface area (Å²) in [6.07, 6.45) is 4.29. The molecule has 0 saturated carbocycles. The summed E-state index contributed by atoms with van der Waals surface area (Å²) in [6, 6.07) is 11.0. The third-order valence-electron chi connectivity index (χ3n) is 4.32. The fraction of sp³-hybridized carbons (Fsp3) is 0.375. The first-order chi connectivity index (χ1) is 13.3. The standard InChI is InChI=1S/C24H30O4/c1-7-14-28-19-11-9-18(10-12-19)20(25)13-8-17-15-21(26-5)23(24(2,3)4)22(16-17)27-6/h8-13,15-16H,7,14H2,1-6H3. The Labute approximate surface area is 168 Å². The van der Waals surface area contributed by atoms with Crippen molar-refractivity contribution in [2.75, 3.05) is 20.8 Å². The Hall–Kier alpha value is -2.75. The zero-order valence-corrected chi connectivity index (χ0v) is 17.7. The van der Waals surface area contributed by atoms with Gasteiger partial charge in [0.05, 0.1) is 20.8 Å². The summed E-state index contributed by atoms with van der Waals surface area (Å²) in [5.74, 6) is 2.20. The van der Waals surface area contributed by atoms with E-state index in [2.05, 4.69) is 27.7 Å². The van der Waals surface area contributed by atoms with Gasteiger partial charge in [0, 0.05) is 11.1 Å². The van der Waals surface area contributed by atoms with Gasteiger partial charge in [-0.25, -0.2) is 0 Å². The van der Waals surface area contributed by atoms with Gasteiger partial charge in [0.15, 0.2) is 5.78 Å². The lowest BCUT2D eigenvalue weighted by atomic mass is 9.84. The van der Waals surface area contributed by atoms with Crippen molar-refractivity contribution >= 4 is 11.9 Å². The minimum Gasteiger partial charge on any atom is -0.496 e. The number of rotatable bonds is 8. The van der Waals surface area contributed by atoms with Gasteiger partial charge < -0.3 is 14.2 Å². The van der Waals surface area contributed by atoms with E-state index < -0.39 is 0 Å². The molecular weight excluding hydrogens is 352 g/mol. The molecule has 0 unspecified atom stereocenters. The molecule has 2 aromatic carbocycles. The molecule has 0 N–H and O–H groups in total. The Morgan fingerprint density at radius 1 is 1.00 bits per heavy atom. The van der Waals surface area contributed by atoms with Gasteiger partial charge in [0.25, 0.3) is 0 Å². The third kappa shape index (κ3) is 5.38. The lowest BCUT2D eigenvalue weighted by Gasteiger charge is -2.25. The summed E-state index contributed by atoms with van der Waals surface area (Å²) in [5, 5.41) is 0. The monoisotopic (exact) mass is 382 g/mol. The molecule has 0 amide bonds. The molecule has 2 rings (SSSR count). The molecule has 0 radical (unpaired) electrons. The molecule has 0 saturated heterocycles. The first kappa shape index (κ1) is 21.5. The molecule has 150 valence electrons. The van der Waals surface area contributed by atoms with Crippen molar-refractivity contribution in [2.45, 2.75) is 39.5 Å². The van der Waals surface area contributed by atoms with E-state index in [1.807, 2.05) is 24.3 Å². The summed E-state index contributed by atoms with van der Waals surface area (Å²) in [5.41, 5.74) is 2.34. The van der Waals surface area contributed by atoms with Crippen LogP contribution in [0.5, 0.6) is 17.2 Å². The van der Waals surface area contributed by atoms with Crippen molar-refractivity contribution in [3.63, 3.8) is 0 Å². The van der Waals surface area contributed by atoms with Crippen LogP contribution in [0.2, 0.25) is 0 Å². The predicted octanol–water partition coefficient (Wildman–Crippen LogP) is 5.69. The summed E-state index contributed by atoms with van der Waals surface area (Å²) in [4.78, 5) is 12.5. The molecule has 0 aromatic heterocycles. The van der Waals surface area contributed by atoms with Crippen LogP contribution in [0, 0.1) is 0 Å². The van der Waals surface area contributed by atoms with E-state index in [4.69, 9.17) is 14.2 Å². The first-order valence-electron chi connectivity index (χ1n) is 9.52. The Morgan fingerprint density at radius 2 is 1.57 bits per heavy atom. The van der Waals surface area contributed by atoms with E-state index in [1.165, 1.54) is 0 Å². The van der Waals surface area contributed by atoms with Gasteiger partial charge in [-0.2, -0.15) is 0 Å². The number of hydrogen-bond acceptors (Lipinski definition) is 4. The summed E-state index contributed by atoms with van der Waals surface area (Å²) >= 11 is 0. The van der Waals surface area contributed by atoms with Crippen molar-refractivity contribution in [3.05, 3.63) is 59.2 Å². The molecule has 2 aromatic rings. The second-order valence-electron chi connectivity index (χ2n) is 7.62. The number of methoxy groups -OCH3 is 2. The SMILES string of the molecule is CCCOc1ccc(C(=O)C=Cc2cc(OC)c(C(C)(C)C)c(OC)c2)cc1. The molecule has 0 bridgehead atoms. The van der Waals surface area contributed by atoms with Crippen LogP contribution in [-0.4, -0.2) is 26.6 Å². The number of carbonyl (C=O) groups is 1. The molecule has 0 aliphatic heterocycles. The van der Waals surface area contributed by atoms with E-state index >= 15 is 0 Å². The highest BCUT2D eigenvalue weighted by molar-refractivity contribution is 6.06. The van der Waals surface area contributed by atoms with Crippen LogP contribution in [0.4, 0.5) is 0 Å². The van der Waals surface area contributed by atoms with Crippen molar-refractivity contribution < 1.29 is 19.0 Å². The number of carbonyl (C=O) groups excluding carboxylic acids is 1. The molecule has 28 heavy (non-hydrogen) atoms. The van der Waals surface area contributed by atoms with Crippen molar-refractivity contribution in [1.29, 1.82) is 0 Å². The Balaban J connectivity index is 2.24. The topological polar surface area (TPSA) is 44.8 Å². The number of hydrogen-bond donors (Lipinski definition) is 0. The van der Waals surface area contributed by atoms with Gasteiger partial charge in [-0.3, -0.25) is 4.79 Å². The zero-order chi connectivity index (χ0) is 20.7. The second-order valence-corrected chi connectivity index (χ2v) is 7.62. The maximum absolute atomic E-state index is 12.5. The highest BCUT2D eigenvalue weighted by Crippen LogP contribution is 2.40. The van der Waals surface area contributed by atoms with Crippen molar-refractivity contribution in [3.8, 4) is 17.2 Å². The maximum atomic E-state index is 12.5. The number of ketones is 1. The van der Waals surface area contributed by atoms with Gasteiger partial charge in [-0.05, 0) is 59.9 Å². The Kier molecular flexibility index (Phi) is 7.27. The summed E-state index contributed by atoms with van der Waals surface area (Å²) < 4.78 is 16.7. The predicted molar refractivity (Wildman–Crippen MR) is 114 cm³/mol. The highest BCUT2D eigenvalue weighted by Gasteiger charge is 2.24. The number of ether oxygens (including phenoxy) is 3. The van der Waals surface area contributed by atoms with Crippen LogP contribution >= 0.6 is 0 Å². The fourth-order valence-electron chi connectivity index (χ4n) is 2.97. The van der Waals surface area contributed by atoms with Gasteiger partial charge in [0.2, 0.25) is 0 Å². The molecule has 0 heterocycles. The van der Waals surface area contributed by atoms with E-state index in [1.54, 1.807) is 38.5 Å². The van der Waals surface area contributed by atoms with Crippen LogP contribution in [0.15, 0.2) is 42.5 Å². The van der Waals surface area contributed by atoms with Gasteiger partial charge >= 0.3 is 0 Å². The second kappa shape index (κ2) is 9.45. The van der Waals surface area contributed by atoms with E-state index in [0.29, 0.717) is 12.2 Å². The van der Waals surface area contributed by atoms with Gasteiger partial charge in [-0.15, -0.1) is 0 Å². The largest absolute Gasteiger partial charge is 0.496 e. The van der Waals surface area contributed by atoms with Crippen molar-refractivity contribution in [2.24, 2.45) is 0 Å². The lowest BCUT2D eigenvalue weighted by molar-refractivity contribution is 0.104. The van der Waals surface area contributed by atoms with Crippen molar-refractivity contribution in [1.82, 2.24) is 0 Å². The lowest BCUT2D eigenvalue weighted by Crippen LogP contribution is -2.14. The normalized spacial score (nSPS) is 11.5. The highest BCUT2D eigenvalue weighted by atomic mass is 16.5. The molecule has 0 atom stereocenters. The Bertz CT molecular complexity index is 802. The smallest absolute Gasteiger partial charge is 0.185 e. The number of allylic oxidation sites excluding steroid dienone is 1. The van der Waals surface area contributed by atoms with Gasteiger partial charge in [-0.1, -0.05) is 33.8 Å². The van der Waals surface area contributed by atoms with E-state index in [0.717, 1.165) is 34.8 Å². The average Bonchev–Trinajstić information content (AvgIpc) is 2.69. The summed E-state index contributed by atoms with van der Waals surface area (Å²) in [6.45, 7) is 9.06. The molecular formula is C24H30O4. The first-order valence-corrected chi connectivity index (χ1v) is 9.52. The van der Waals surface area contributed by atoms with E-state index in [9.17, 15) is 4.79 Å². The van der Waals surface area contributed by atoms with Crippen LogP contribution in [0.1, 0.15) is 55.6 Å². The molecule has 0 spiro atoms. The average molecular weight is 383 g/mol. The Morgan fingerprint density at radius 3 is 2.04 bits per heavy atom. The van der Waals surface area contributed by atoms with Crippen LogP contribution in [0.25, 0.3) is 6.08 Å². The minimum atomic E-state index is -0.129. The van der Waals surface area contributed by atoms with Crippen LogP contribution in [-0.2, 0) is 5.41 Å². The molecule has 0 aliphatic rings. The van der Waals surface area contributed by atoms with Crippen LogP contribution < -0.4 is 14.2 Å². The molecule has 0 aliphatic carbocycles. The minimum absolute atomic E-state index is 0.0696. The van der Waals surface area contributed by atoms with Crippen LogP contribution in [0.3, 0.4) is 0 Å².